The number of rotatable bonds is 7. The van der Waals surface area contributed by atoms with E-state index in [0.29, 0.717) is 12.2 Å². The number of halogens is 1. The molecule has 0 spiro atoms. The largest absolute Gasteiger partial charge is 0.491 e. The molecule has 0 saturated carbocycles. The Morgan fingerprint density at radius 2 is 1.81 bits per heavy atom. The molecule has 1 amide bonds. The van der Waals surface area contributed by atoms with E-state index >= 15 is 0 Å². The van der Waals surface area contributed by atoms with E-state index in [9.17, 15) is 14.0 Å². The van der Waals surface area contributed by atoms with E-state index < -0.39 is 24.3 Å². The van der Waals surface area contributed by atoms with Crippen LogP contribution in [0.2, 0.25) is 0 Å². The maximum atomic E-state index is 13.4. The quantitative estimate of drug-likeness (QED) is 0.609. The molecule has 0 aliphatic rings. The molecule has 0 saturated heterocycles. The van der Waals surface area contributed by atoms with Crippen molar-refractivity contribution in [2.45, 2.75) is 20.8 Å². The third-order valence-electron chi connectivity index (χ3n) is 3.75. The van der Waals surface area contributed by atoms with Gasteiger partial charge < -0.3 is 14.8 Å². The van der Waals surface area contributed by atoms with Crippen molar-refractivity contribution in [3.05, 3.63) is 64.5 Å². The van der Waals surface area contributed by atoms with Crippen LogP contribution in [-0.2, 0) is 9.53 Å². The molecule has 0 aliphatic carbocycles. The molecule has 0 atom stereocenters. The molecule has 6 heteroatoms. The monoisotopic (exact) mass is 359 g/mol. The molecule has 0 bridgehead atoms. The number of esters is 1. The van der Waals surface area contributed by atoms with Gasteiger partial charge in [-0.2, -0.15) is 0 Å². The minimum Gasteiger partial charge on any atom is -0.491 e. The molecule has 5 nitrogen and oxygen atoms in total. The number of hydrogen-bond acceptors (Lipinski definition) is 4. The number of aryl methyl sites for hydroxylation is 3. The van der Waals surface area contributed by atoms with Gasteiger partial charge in [-0.1, -0.05) is 23.8 Å². The van der Waals surface area contributed by atoms with Gasteiger partial charge in [0.25, 0.3) is 5.91 Å². The average molecular weight is 359 g/mol. The van der Waals surface area contributed by atoms with Gasteiger partial charge in [0.1, 0.15) is 18.2 Å². The molecule has 0 aliphatic heterocycles. The average Bonchev–Trinajstić information content (AvgIpc) is 2.60. The number of nitrogens with one attached hydrogen (secondary N) is 1. The number of carbonyl (C=O) groups excluding carboxylic acids is 2. The zero-order chi connectivity index (χ0) is 19.1. The first-order chi connectivity index (χ1) is 12.4. The second kappa shape index (κ2) is 8.99. The van der Waals surface area contributed by atoms with Crippen LogP contribution in [0.3, 0.4) is 0 Å². The fourth-order valence-corrected chi connectivity index (χ4v) is 2.30. The van der Waals surface area contributed by atoms with E-state index in [1.54, 1.807) is 6.92 Å². The van der Waals surface area contributed by atoms with Crippen molar-refractivity contribution in [1.29, 1.82) is 0 Å². The van der Waals surface area contributed by atoms with Gasteiger partial charge in [-0.15, -0.1) is 0 Å². The van der Waals surface area contributed by atoms with Gasteiger partial charge in [0.15, 0.2) is 6.61 Å². The predicted octanol–water partition coefficient (Wildman–Crippen LogP) is 3.10. The Hall–Kier alpha value is -2.89. The second-order valence-corrected chi connectivity index (χ2v) is 6.01. The fraction of sp³-hybridized carbons (Fsp3) is 0.300. The summed E-state index contributed by atoms with van der Waals surface area (Å²) in [6.45, 7) is 5.70. The van der Waals surface area contributed by atoms with E-state index in [-0.39, 0.29) is 12.1 Å². The lowest BCUT2D eigenvalue weighted by Crippen LogP contribution is -2.32. The highest BCUT2D eigenvalue weighted by molar-refractivity contribution is 5.91. The van der Waals surface area contributed by atoms with Crippen molar-refractivity contribution < 1.29 is 23.5 Å². The van der Waals surface area contributed by atoms with Gasteiger partial charge in [0.2, 0.25) is 0 Å². The SMILES string of the molecule is Cc1ccc(OCCNC(=O)COC(=O)c2ccc(C)c(F)c2)c(C)c1. The normalized spacial score (nSPS) is 10.3. The maximum absolute atomic E-state index is 13.4. The molecule has 1 N–H and O–H groups in total. The lowest BCUT2D eigenvalue weighted by atomic mass is 10.1. The minimum atomic E-state index is -0.745. The second-order valence-electron chi connectivity index (χ2n) is 6.01. The summed E-state index contributed by atoms with van der Waals surface area (Å²) in [4.78, 5) is 23.5. The van der Waals surface area contributed by atoms with Crippen LogP contribution in [0, 0.1) is 26.6 Å². The summed E-state index contributed by atoms with van der Waals surface area (Å²) in [5.41, 5.74) is 2.68. The molecule has 2 rings (SSSR count). The van der Waals surface area contributed by atoms with Crippen LogP contribution in [0.25, 0.3) is 0 Å². The van der Waals surface area contributed by atoms with Crippen molar-refractivity contribution in [3.8, 4) is 5.75 Å². The van der Waals surface area contributed by atoms with E-state index in [2.05, 4.69) is 5.32 Å². The Balaban J connectivity index is 1.70. The molecular weight excluding hydrogens is 337 g/mol. The highest BCUT2D eigenvalue weighted by Crippen LogP contribution is 2.18. The lowest BCUT2D eigenvalue weighted by Gasteiger charge is -2.11. The summed E-state index contributed by atoms with van der Waals surface area (Å²) in [5.74, 6) is -0.925. The molecule has 138 valence electrons. The smallest absolute Gasteiger partial charge is 0.338 e. The number of benzene rings is 2. The highest BCUT2D eigenvalue weighted by Gasteiger charge is 2.11. The number of amides is 1. The third kappa shape index (κ3) is 5.58. The molecule has 0 unspecified atom stereocenters. The van der Waals surface area contributed by atoms with Crippen molar-refractivity contribution in [2.75, 3.05) is 19.8 Å². The van der Waals surface area contributed by atoms with Crippen LogP contribution in [0.1, 0.15) is 27.0 Å². The highest BCUT2D eigenvalue weighted by atomic mass is 19.1. The summed E-state index contributed by atoms with van der Waals surface area (Å²) in [6, 6.07) is 9.88. The van der Waals surface area contributed by atoms with Crippen molar-refractivity contribution in [1.82, 2.24) is 5.32 Å². The summed E-state index contributed by atoms with van der Waals surface area (Å²) in [6.07, 6.45) is 0. The van der Waals surface area contributed by atoms with Gasteiger partial charge in [-0.25, -0.2) is 9.18 Å². The van der Waals surface area contributed by atoms with Gasteiger partial charge in [0, 0.05) is 0 Å². The topological polar surface area (TPSA) is 64.6 Å². The van der Waals surface area contributed by atoms with E-state index in [1.807, 2.05) is 32.0 Å². The first kappa shape index (κ1) is 19.4. The van der Waals surface area contributed by atoms with E-state index in [4.69, 9.17) is 9.47 Å². The molecule has 0 radical (unpaired) electrons. The number of ether oxygens (including phenoxy) is 2. The van der Waals surface area contributed by atoms with Crippen LogP contribution in [0.15, 0.2) is 36.4 Å². The predicted molar refractivity (Wildman–Crippen MR) is 95.8 cm³/mol. The van der Waals surface area contributed by atoms with Crippen LogP contribution in [0.4, 0.5) is 4.39 Å². The van der Waals surface area contributed by atoms with Gasteiger partial charge in [-0.05, 0) is 50.1 Å². The molecule has 2 aromatic carbocycles. The van der Waals surface area contributed by atoms with Crippen LogP contribution in [0.5, 0.6) is 5.75 Å². The van der Waals surface area contributed by atoms with Gasteiger partial charge in [0.05, 0.1) is 12.1 Å². The van der Waals surface area contributed by atoms with Crippen molar-refractivity contribution >= 4 is 11.9 Å². The maximum Gasteiger partial charge on any atom is 0.338 e. The molecule has 2 aromatic rings. The first-order valence-corrected chi connectivity index (χ1v) is 8.27. The van der Waals surface area contributed by atoms with Crippen LogP contribution < -0.4 is 10.1 Å². The third-order valence-corrected chi connectivity index (χ3v) is 3.75. The van der Waals surface area contributed by atoms with Crippen molar-refractivity contribution in [3.63, 3.8) is 0 Å². The number of carbonyl (C=O) groups is 2. The zero-order valence-electron chi connectivity index (χ0n) is 15.1. The summed E-state index contributed by atoms with van der Waals surface area (Å²) < 4.78 is 23.9. The fourth-order valence-electron chi connectivity index (χ4n) is 2.30. The Labute approximate surface area is 152 Å². The van der Waals surface area contributed by atoms with Crippen LogP contribution >= 0.6 is 0 Å². The number of hydrogen-bond donors (Lipinski definition) is 1. The Kier molecular flexibility index (Phi) is 6.72. The summed E-state index contributed by atoms with van der Waals surface area (Å²) >= 11 is 0. The molecule has 0 fully saturated rings. The van der Waals surface area contributed by atoms with Crippen molar-refractivity contribution in [2.24, 2.45) is 0 Å². The Morgan fingerprint density at radius 1 is 1.04 bits per heavy atom. The Bertz CT molecular complexity index is 804. The van der Waals surface area contributed by atoms with E-state index in [1.165, 1.54) is 12.1 Å². The van der Waals surface area contributed by atoms with Gasteiger partial charge >= 0.3 is 5.97 Å². The van der Waals surface area contributed by atoms with Crippen LogP contribution in [-0.4, -0.2) is 31.6 Å². The van der Waals surface area contributed by atoms with E-state index in [0.717, 1.165) is 22.9 Å². The standard InChI is InChI=1S/C20H22FNO4/c1-13-4-7-18(15(3)10-13)25-9-8-22-19(23)12-26-20(24)16-6-5-14(2)17(21)11-16/h4-7,10-11H,8-9,12H2,1-3H3,(H,22,23). The molecule has 26 heavy (non-hydrogen) atoms. The zero-order valence-corrected chi connectivity index (χ0v) is 15.1. The lowest BCUT2D eigenvalue weighted by molar-refractivity contribution is -0.124. The Morgan fingerprint density at radius 3 is 2.50 bits per heavy atom. The summed E-state index contributed by atoms with van der Waals surface area (Å²) in [5, 5.41) is 2.60. The molecular formula is C20H22FNO4. The summed E-state index contributed by atoms with van der Waals surface area (Å²) in [7, 11) is 0. The van der Waals surface area contributed by atoms with Gasteiger partial charge in [-0.3, -0.25) is 4.79 Å². The minimum absolute atomic E-state index is 0.0686. The molecule has 0 heterocycles. The first-order valence-electron chi connectivity index (χ1n) is 8.27. The molecule has 0 aromatic heterocycles.